The Labute approximate surface area is 237 Å². The Hall–Kier alpha value is -4.28. The molecule has 16 heteroatoms. The molecule has 41 heavy (non-hydrogen) atoms. The zero-order chi connectivity index (χ0) is 30.5. The highest BCUT2D eigenvalue weighted by molar-refractivity contribution is 8.00. The summed E-state index contributed by atoms with van der Waals surface area (Å²) < 4.78 is 15.6. The standard InChI is InChI=1S/C25H29N3O12S/c1-38-17(9-12-6-7-15(29)16(30)8-12)22(36)40-10-13-11-41-24-25(39-2,23(37)28(24)19(13)21(34)35)27-18(31)5-3-4-14(26)20(32)33/h6-9,14,24,29-30H,3-5,10-11,26H2,1-2H3,(H,27,31)(H,32,33)(H,34,35)/t14-,24-,25+/m1/s1. The van der Waals surface area contributed by atoms with Gasteiger partial charge in [-0.1, -0.05) is 6.07 Å². The molecule has 3 atom stereocenters. The average Bonchev–Trinajstić information content (AvgIpc) is 2.94. The minimum absolute atomic E-state index is 0.00959. The lowest BCUT2D eigenvalue weighted by molar-refractivity contribution is -0.192. The number of β-lactam (4-membered cyclic amide) rings is 1. The van der Waals surface area contributed by atoms with E-state index in [0.29, 0.717) is 5.56 Å². The molecule has 2 aliphatic heterocycles. The number of esters is 1. The van der Waals surface area contributed by atoms with E-state index in [2.05, 4.69) is 5.32 Å². The zero-order valence-electron chi connectivity index (χ0n) is 22.0. The number of phenolic OH excluding ortho intramolecular Hbond substituents is 2. The van der Waals surface area contributed by atoms with Crippen LogP contribution in [0.2, 0.25) is 0 Å². The lowest BCUT2D eigenvalue weighted by Crippen LogP contribution is -2.80. The number of rotatable bonds is 13. The van der Waals surface area contributed by atoms with Crippen molar-refractivity contribution < 1.29 is 58.6 Å². The van der Waals surface area contributed by atoms with E-state index in [1.54, 1.807) is 0 Å². The van der Waals surface area contributed by atoms with E-state index < -0.39 is 64.9 Å². The number of thioether (sulfide) groups is 1. The molecule has 0 unspecified atom stereocenters. The van der Waals surface area contributed by atoms with Crippen LogP contribution in [0.3, 0.4) is 0 Å². The first kappa shape index (κ1) is 31.3. The maximum absolute atomic E-state index is 13.2. The highest BCUT2D eigenvalue weighted by Crippen LogP contribution is 2.46. The number of carbonyl (C=O) groups is 5. The second-order valence-corrected chi connectivity index (χ2v) is 10.0. The van der Waals surface area contributed by atoms with Crippen molar-refractivity contribution in [3.63, 3.8) is 0 Å². The topological polar surface area (TPSA) is 235 Å². The molecule has 7 N–H and O–H groups in total. The molecular weight excluding hydrogens is 566 g/mol. The minimum Gasteiger partial charge on any atom is -0.504 e. The van der Waals surface area contributed by atoms with Gasteiger partial charge in [0.1, 0.15) is 23.7 Å². The largest absolute Gasteiger partial charge is 0.504 e. The normalized spacial score (nSPS) is 21.0. The fraction of sp³-hybridized carbons (Fsp3) is 0.400. The SMILES string of the molecule is COC(=Cc1ccc(O)c(O)c1)C(=O)OCC1=C(C(=O)O)N2C(=O)[C@](NC(=O)CCC[C@@H](N)C(=O)O)(OC)[C@H]2SC1. The molecule has 3 rings (SSSR count). The highest BCUT2D eigenvalue weighted by Gasteiger charge is 2.66. The Kier molecular flexibility index (Phi) is 9.85. The highest BCUT2D eigenvalue weighted by atomic mass is 32.2. The van der Waals surface area contributed by atoms with Crippen molar-refractivity contribution in [1.29, 1.82) is 0 Å². The van der Waals surface area contributed by atoms with Crippen molar-refractivity contribution in [3.8, 4) is 11.5 Å². The number of ether oxygens (including phenoxy) is 3. The van der Waals surface area contributed by atoms with Crippen molar-refractivity contribution in [2.24, 2.45) is 5.73 Å². The number of fused-ring (bicyclic) bond motifs is 1. The summed E-state index contributed by atoms with van der Waals surface area (Å²) in [5.41, 5.74) is 3.58. The third-order valence-electron chi connectivity index (χ3n) is 6.29. The average molecular weight is 596 g/mol. The van der Waals surface area contributed by atoms with Gasteiger partial charge in [0.2, 0.25) is 11.7 Å². The van der Waals surface area contributed by atoms with Crippen molar-refractivity contribution >= 4 is 47.6 Å². The van der Waals surface area contributed by atoms with E-state index in [-0.39, 0.29) is 42.1 Å². The minimum atomic E-state index is -1.85. The van der Waals surface area contributed by atoms with Gasteiger partial charge in [0.05, 0.1) is 7.11 Å². The van der Waals surface area contributed by atoms with E-state index in [4.69, 9.17) is 25.1 Å². The number of nitrogens with zero attached hydrogens (tertiary/aromatic N) is 1. The predicted molar refractivity (Wildman–Crippen MR) is 141 cm³/mol. The molecule has 0 saturated carbocycles. The molecule has 1 aromatic rings. The van der Waals surface area contributed by atoms with Crippen LogP contribution in [0.15, 0.2) is 35.2 Å². The predicted octanol–water partition coefficient (Wildman–Crippen LogP) is -0.0768. The summed E-state index contributed by atoms with van der Waals surface area (Å²) in [5.74, 6) is -6.13. The van der Waals surface area contributed by atoms with Crippen molar-refractivity contribution in [1.82, 2.24) is 10.2 Å². The Morgan fingerprint density at radius 1 is 1.22 bits per heavy atom. The fourth-order valence-electron chi connectivity index (χ4n) is 4.14. The van der Waals surface area contributed by atoms with Gasteiger partial charge in [-0.25, -0.2) is 9.59 Å². The number of benzene rings is 1. The number of carboxylic acid groups (broad SMARTS) is 2. The molecule has 1 fully saturated rings. The number of carboxylic acids is 2. The first-order chi connectivity index (χ1) is 19.4. The van der Waals surface area contributed by atoms with Crippen LogP contribution >= 0.6 is 11.8 Å². The first-order valence-electron chi connectivity index (χ1n) is 12.1. The number of hydrogen-bond donors (Lipinski definition) is 6. The summed E-state index contributed by atoms with van der Waals surface area (Å²) in [4.78, 5) is 62.2. The van der Waals surface area contributed by atoms with Crippen molar-refractivity contribution in [2.45, 2.75) is 36.4 Å². The lowest BCUT2D eigenvalue weighted by atomic mass is 9.97. The summed E-state index contributed by atoms with van der Waals surface area (Å²) in [6.45, 7) is -0.498. The molecule has 0 spiro atoms. The van der Waals surface area contributed by atoms with E-state index in [9.17, 15) is 39.3 Å². The summed E-state index contributed by atoms with van der Waals surface area (Å²) in [5, 5.41) is 39.4. The third kappa shape index (κ3) is 6.55. The number of methoxy groups -OCH3 is 2. The summed E-state index contributed by atoms with van der Waals surface area (Å²) in [7, 11) is 2.39. The van der Waals surface area contributed by atoms with Crippen LogP contribution in [0, 0.1) is 0 Å². The van der Waals surface area contributed by atoms with Gasteiger partial charge in [-0.2, -0.15) is 0 Å². The molecule has 0 aliphatic carbocycles. The van der Waals surface area contributed by atoms with E-state index >= 15 is 0 Å². The third-order valence-corrected chi connectivity index (χ3v) is 7.67. The van der Waals surface area contributed by atoms with Crippen LogP contribution in [0.25, 0.3) is 6.08 Å². The molecule has 0 aromatic heterocycles. The van der Waals surface area contributed by atoms with Gasteiger partial charge >= 0.3 is 17.9 Å². The molecule has 15 nitrogen and oxygen atoms in total. The molecule has 2 heterocycles. The molecule has 2 amide bonds. The molecule has 222 valence electrons. The number of amides is 2. The van der Waals surface area contributed by atoms with Crippen LogP contribution < -0.4 is 11.1 Å². The van der Waals surface area contributed by atoms with Crippen LogP contribution in [0.5, 0.6) is 11.5 Å². The molecule has 2 aliphatic rings. The maximum atomic E-state index is 13.2. The second-order valence-electron chi connectivity index (χ2n) is 8.96. The Balaban J connectivity index is 1.71. The van der Waals surface area contributed by atoms with Gasteiger partial charge in [0.15, 0.2) is 11.5 Å². The smallest absolute Gasteiger partial charge is 0.373 e. The zero-order valence-corrected chi connectivity index (χ0v) is 22.8. The molecule has 1 aromatic carbocycles. The monoisotopic (exact) mass is 595 g/mol. The number of nitrogens with one attached hydrogen (secondary N) is 1. The maximum Gasteiger partial charge on any atom is 0.373 e. The number of hydrogen-bond acceptors (Lipinski definition) is 12. The van der Waals surface area contributed by atoms with Crippen LogP contribution in [-0.2, 0) is 38.2 Å². The summed E-state index contributed by atoms with van der Waals surface area (Å²) in [6.07, 6.45) is 1.27. The van der Waals surface area contributed by atoms with E-state index in [1.165, 1.54) is 38.5 Å². The number of phenols is 2. The Morgan fingerprint density at radius 2 is 1.93 bits per heavy atom. The van der Waals surface area contributed by atoms with Crippen LogP contribution in [0.4, 0.5) is 0 Å². The van der Waals surface area contributed by atoms with Gasteiger partial charge < -0.3 is 45.7 Å². The van der Waals surface area contributed by atoms with Gasteiger partial charge in [-0.05, 0) is 36.6 Å². The summed E-state index contributed by atoms with van der Waals surface area (Å²) >= 11 is 1.08. The number of aliphatic carboxylic acids is 2. The fourth-order valence-corrected chi connectivity index (χ4v) is 5.56. The Bertz CT molecular complexity index is 1310. The van der Waals surface area contributed by atoms with Gasteiger partial charge in [0, 0.05) is 24.9 Å². The molecular formula is C25H29N3O12S. The van der Waals surface area contributed by atoms with Gasteiger partial charge in [-0.15, -0.1) is 11.8 Å². The van der Waals surface area contributed by atoms with Crippen molar-refractivity contribution in [2.75, 3.05) is 26.6 Å². The van der Waals surface area contributed by atoms with Crippen LogP contribution in [-0.4, -0.2) is 98.8 Å². The lowest BCUT2D eigenvalue weighted by Gasteiger charge is -2.55. The number of aromatic hydroxyl groups is 2. The van der Waals surface area contributed by atoms with Crippen LogP contribution in [0.1, 0.15) is 24.8 Å². The Morgan fingerprint density at radius 3 is 2.51 bits per heavy atom. The summed E-state index contributed by atoms with van der Waals surface area (Å²) in [6, 6.07) is 2.67. The molecule has 0 bridgehead atoms. The molecule has 1 saturated heterocycles. The number of nitrogens with two attached hydrogens (primary N) is 1. The molecule has 0 radical (unpaired) electrons. The quantitative estimate of drug-likeness (QED) is 0.0437. The van der Waals surface area contributed by atoms with Gasteiger partial charge in [0.25, 0.3) is 11.6 Å². The van der Waals surface area contributed by atoms with Gasteiger partial charge in [-0.3, -0.25) is 19.3 Å². The number of carbonyl (C=O) groups excluding carboxylic acids is 3. The van der Waals surface area contributed by atoms with E-state index in [1.807, 2.05) is 0 Å². The first-order valence-corrected chi connectivity index (χ1v) is 13.1. The van der Waals surface area contributed by atoms with E-state index in [0.717, 1.165) is 16.7 Å². The van der Waals surface area contributed by atoms with Crippen molar-refractivity contribution in [3.05, 3.63) is 40.8 Å². The second kappa shape index (κ2) is 12.9.